The summed E-state index contributed by atoms with van der Waals surface area (Å²) in [6.07, 6.45) is 6.19. The number of nitrogens with zero attached hydrogens (tertiary/aromatic N) is 4. The molecule has 4 heterocycles. The van der Waals surface area contributed by atoms with E-state index in [-0.39, 0.29) is 11.3 Å². The van der Waals surface area contributed by atoms with Gasteiger partial charge in [0.15, 0.2) is 5.13 Å². The van der Waals surface area contributed by atoms with Gasteiger partial charge in [-0.15, -0.1) is 0 Å². The second-order valence-electron chi connectivity index (χ2n) is 7.25. The second kappa shape index (κ2) is 8.44. The van der Waals surface area contributed by atoms with Crippen molar-refractivity contribution in [3.63, 3.8) is 0 Å². The number of rotatable bonds is 5. The smallest absolute Gasteiger partial charge is 0.301 e. The summed E-state index contributed by atoms with van der Waals surface area (Å²) in [5.41, 5.74) is 1.64. The van der Waals surface area contributed by atoms with E-state index < -0.39 is 17.7 Å². The van der Waals surface area contributed by atoms with Gasteiger partial charge in [-0.1, -0.05) is 17.4 Å². The third-order valence-corrected chi connectivity index (χ3v) is 6.28. The lowest BCUT2D eigenvalue weighted by Crippen LogP contribution is -2.29. The molecule has 1 atom stereocenters. The Hall–Kier alpha value is -4.11. The number of aliphatic hydroxyl groups is 1. The summed E-state index contributed by atoms with van der Waals surface area (Å²) in [6.45, 7) is 2.43. The van der Waals surface area contributed by atoms with Gasteiger partial charge in [-0.25, -0.2) is 4.98 Å². The van der Waals surface area contributed by atoms with Crippen LogP contribution in [0.15, 0.2) is 72.8 Å². The van der Waals surface area contributed by atoms with Gasteiger partial charge in [0.1, 0.15) is 11.5 Å². The molecule has 0 aliphatic carbocycles. The van der Waals surface area contributed by atoms with Crippen molar-refractivity contribution in [1.29, 1.82) is 0 Å². The first-order valence-corrected chi connectivity index (χ1v) is 11.0. The highest BCUT2D eigenvalue weighted by Gasteiger charge is 2.48. The SMILES string of the molecule is CCOc1ccc2nc(N3C(=O)C(=O)C(=C(O)c4ccncc4)C3c3cccnc3)sc2c1. The summed E-state index contributed by atoms with van der Waals surface area (Å²) in [4.78, 5) is 40.4. The van der Waals surface area contributed by atoms with Crippen LogP contribution in [0.4, 0.5) is 5.13 Å². The Morgan fingerprint density at radius 3 is 2.67 bits per heavy atom. The molecule has 4 aromatic rings. The minimum Gasteiger partial charge on any atom is -0.507 e. The normalized spacial score (nSPS) is 17.6. The van der Waals surface area contributed by atoms with Crippen LogP contribution in [0.5, 0.6) is 5.75 Å². The molecule has 1 unspecified atom stereocenters. The molecule has 5 rings (SSSR count). The monoisotopic (exact) mass is 458 g/mol. The van der Waals surface area contributed by atoms with Crippen LogP contribution in [0.25, 0.3) is 16.0 Å². The van der Waals surface area contributed by atoms with Crippen molar-refractivity contribution in [2.45, 2.75) is 13.0 Å². The van der Waals surface area contributed by atoms with Crippen LogP contribution in [-0.2, 0) is 9.59 Å². The van der Waals surface area contributed by atoms with Crippen LogP contribution in [0, 0.1) is 0 Å². The maximum absolute atomic E-state index is 13.2. The number of fused-ring (bicyclic) bond motifs is 1. The molecule has 1 aliphatic rings. The van der Waals surface area contributed by atoms with Crippen LogP contribution >= 0.6 is 11.3 Å². The van der Waals surface area contributed by atoms with E-state index in [0.29, 0.717) is 34.1 Å². The average Bonchev–Trinajstić information content (AvgIpc) is 3.38. The predicted octanol–water partition coefficient (Wildman–Crippen LogP) is 4.11. The third kappa shape index (κ3) is 3.62. The molecule has 1 N–H and O–H groups in total. The summed E-state index contributed by atoms with van der Waals surface area (Å²) in [5.74, 6) is -1.12. The van der Waals surface area contributed by atoms with Crippen molar-refractivity contribution in [3.8, 4) is 5.75 Å². The van der Waals surface area contributed by atoms with E-state index in [1.165, 1.54) is 28.6 Å². The zero-order valence-electron chi connectivity index (χ0n) is 17.5. The Morgan fingerprint density at radius 1 is 1.12 bits per heavy atom. The number of aromatic nitrogens is 3. The van der Waals surface area contributed by atoms with Crippen molar-refractivity contribution in [1.82, 2.24) is 15.0 Å². The number of ketones is 1. The quantitative estimate of drug-likeness (QED) is 0.273. The molecule has 0 spiro atoms. The zero-order chi connectivity index (χ0) is 22.9. The molecule has 0 bridgehead atoms. The maximum atomic E-state index is 13.2. The van der Waals surface area contributed by atoms with E-state index in [1.807, 2.05) is 25.1 Å². The van der Waals surface area contributed by atoms with Crippen molar-refractivity contribution in [2.24, 2.45) is 0 Å². The molecule has 8 nitrogen and oxygen atoms in total. The number of hydrogen-bond acceptors (Lipinski definition) is 8. The molecule has 3 aromatic heterocycles. The Morgan fingerprint density at radius 2 is 1.94 bits per heavy atom. The first-order valence-electron chi connectivity index (χ1n) is 10.2. The molecular weight excluding hydrogens is 440 g/mol. The number of amides is 1. The summed E-state index contributed by atoms with van der Waals surface area (Å²) in [7, 11) is 0. The number of benzene rings is 1. The summed E-state index contributed by atoms with van der Waals surface area (Å²) in [6, 6.07) is 11.2. The topological polar surface area (TPSA) is 106 Å². The Labute approximate surface area is 192 Å². The summed E-state index contributed by atoms with van der Waals surface area (Å²) < 4.78 is 6.38. The molecule has 9 heteroatoms. The lowest BCUT2D eigenvalue weighted by atomic mass is 9.97. The molecule has 1 aromatic carbocycles. The Kier molecular flexibility index (Phi) is 5.31. The molecule has 1 saturated heterocycles. The number of hydrogen-bond donors (Lipinski definition) is 1. The number of carbonyl (C=O) groups is 2. The van der Waals surface area contributed by atoms with E-state index >= 15 is 0 Å². The van der Waals surface area contributed by atoms with Gasteiger partial charge in [-0.2, -0.15) is 0 Å². The third-order valence-electron chi connectivity index (χ3n) is 5.26. The van der Waals surface area contributed by atoms with Gasteiger partial charge in [-0.3, -0.25) is 24.5 Å². The summed E-state index contributed by atoms with van der Waals surface area (Å²) >= 11 is 1.28. The molecule has 33 heavy (non-hydrogen) atoms. The zero-order valence-corrected chi connectivity index (χ0v) is 18.3. The molecule has 0 radical (unpaired) electrons. The van der Waals surface area contributed by atoms with Gasteiger partial charge in [0.05, 0.1) is 28.4 Å². The molecule has 1 aliphatic heterocycles. The molecular formula is C24H18N4O4S. The van der Waals surface area contributed by atoms with Crippen LogP contribution in [0.1, 0.15) is 24.1 Å². The highest BCUT2D eigenvalue weighted by atomic mass is 32.1. The number of Topliss-reactive ketones (excluding diaryl/α,β-unsaturated/α-hetero) is 1. The van der Waals surface area contributed by atoms with Gasteiger partial charge in [-0.05, 0) is 48.9 Å². The van der Waals surface area contributed by atoms with Gasteiger partial charge in [0.25, 0.3) is 5.78 Å². The average molecular weight is 458 g/mol. The number of carbonyl (C=O) groups excluding carboxylic acids is 2. The molecule has 1 fully saturated rings. The van der Waals surface area contributed by atoms with E-state index in [1.54, 1.807) is 36.7 Å². The number of pyridine rings is 2. The number of ether oxygens (including phenoxy) is 1. The van der Waals surface area contributed by atoms with Crippen LogP contribution in [0.3, 0.4) is 0 Å². The van der Waals surface area contributed by atoms with E-state index in [9.17, 15) is 14.7 Å². The second-order valence-corrected chi connectivity index (χ2v) is 8.26. The number of thiazole rings is 1. The summed E-state index contributed by atoms with van der Waals surface area (Å²) in [5, 5.41) is 11.4. The lowest BCUT2D eigenvalue weighted by Gasteiger charge is -2.22. The maximum Gasteiger partial charge on any atom is 0.301 e. The Bertz CT molecular complexity index is 1390. The molecule has 1 amide bonds. The minimum atomic E-state index is -0.876. The van der Waals surface area contributed by atoms with Gasteiger partial charge in [0.2, 0.25) is 0 Å². The fourth-order valence-electron chi connectivity index (χ4n) is 3.80. The highest BCUT2D eigenvalue weighted by molar-refractivity contribution is 7.22. The first kappa shape index (κ1) is 20.8. The molecule has 164 valence electrons. The van der Waals surface area contributed by atoms with E-state index in [0.717, 1.165) is 4.70 Å². The number of anilines is 1. The first-order chi connectivity index (χ1) is 16.1. The van der Waals surface area contributed by atoms with Crippen LogP contribution in [-0.4, -0.2) is 38.4 Å². The van der Waals surface area contributed by atoms with E-state index in [4.69, 9.17) is 4.74 Å². The van der Waals surface area contributed by atoms with Crippen molar-refractivity contribution < 1.29 is 19.4 Å². The lowest BCUT2D eigenvalue weighted by molar-refractivity contribution is -0.132. The van der Waals surface area contributed by atoms with Crippen molar-refractivity contribution in [3.05, 3.63) is 84.0 Å². The largest absolute Gasteiger partial charge is 0.507 e. The van der Waals surface area contributed by atoms with Gasteiger partial charge in [0, 0.05) is 30.4 Å². The fourth-order valence-corrected chi connectivity index (χ4v) is 4.82. The fraction of sp³-hybridized carbons (Fsp3) is 0.125. The van der Waals surface area contributed by atoms with Crippen LogP contribution < -0.4 is 9.64 Å². The van der Waals surface area contributed by atoms with Crippen molar-refractivity contribution >= 4 is 44.1 Å². The molecule has 0 saturated carbocycles. The number of aliphatic hydroxyl groups excluding tert-OH is 1. The standard InChI is InChI=1S/C24H18N4O4S/c1-2-32-16-5-6-17-18(12-16)33-24(27-17)28-20(15-4-3-9-26-13-15)19(22(30)23(28)31)21(29)14-7-10-25-11-8-14/h3-13,20,29H,2H2,1H3. The van der Waals surface area contributed by atoms with E-state index in [2.05, 4.69) is 15.0 Å². The van der Waals surface area contributed by atoms with Gasteiger partial charge >= 0.3 is 5.91 Å². The van der Waals surface area contributed by atoms with Crippen LogP contribution in [0.2, 0.25) is 0 Å². The van der Waals surface area contributed by atoms with Gasteiger partial charge < -0.3 is 9.84 Å². The Balaban J connectivity index is 1.69. The minimum absolute atomic E-state index is 0.0199. The highest BCUT2D eigenvalue weighted by Crippen LogP contribution is 2.44. The van der Waals surface area contributed by atoms with Crippen molar-refractivity contribution in [2.75, 3.05) is 11.5 Å². The predicted molar refractivity (Wildman–Crippen MR) is 124 cm³/mol.